The van der Waals surface area contributed by atoms with E-state index in [0.29, 0.717) is 5.69 Å². The van der Waals surface area contributed by atoms with E-state index in [-0.39, 0.29) is 5.82 Å². The van der Waals surface area contributed by atoms with Crippen molar-refractivity contribution >= 4 is 38.9 Å². The molecule has 1 heterocycles. The molecule has 5 aromatic carbocycles. The van der Waals surface area contributed by atoms with Crippen LogP contribution < -0.4 is 4.90 Å². The van der Waals surface area contributed by atoms with Gasteiger partial charge in [-0.2, -0.15) is 0 Å². The number of aromatic amines is 1. The second kappa shape index (κ2) is 7.95. The van der Waals surface area contributed by atoms with E-state index in [4.69, 9.17) is 0 Å². The summed E-state index contributed by atoms with van der Waals surface area (Å²) >= 11 is 0. The number of para-hydroxylation sites is 3. The lowest BCUT2D eigenvalue weighted by molar-refractivity contribution is 0.629. The van der Waals surface area contributed by atoms with Crippen molar-refractivity contribution in [1.82, 2.24) is 4.98 Å². The van der Waals surface area contributed by atoms with Crippen molar-refractivity contribution in [2.75, 3.05) is 4.90 Å². The Hall–Kier alpha value is -4.37. The van der Waals surface area contributed by atoms with Crippen molar-refractivity contribution in [2.45, 2.75) is 0 Å². The minimum Gasteiger partial charge on any atom is -0.355 e. The highest BCUT2D eigenvalue weighted by Gasteiger charge is 2.16. The molecule has 1 aromatic heterocycles. The van der Waals surface area contributed by atoms with Crippen LogP contribution in [0.25, 0.3) is 32.9 Å². The predicted molar refractivity (Wildman–Crippen MR) is 136 cm³/mol. The van der Waals surface area contributed by atoms with Gasteiger partial charge in [-0.1, -0.05) is 66.7 Å². The number of hydrogen-bond donors (Lipinski definition) is 1. The van der Waals surface area contributed by atoms with Crippen LogP contribution >= 0.6 is 0 Å². The van der Waals surface area contributed by atoms with E-state index in [0.717, 1.165) is 33.5 Å². The molecule has 0 saturated carbocycles. The molecule has 0 saturated heterocycles. The number of nitrogens with one attached hydrogen (secondary N) is 1. The molecule has 158 valence electrons. The maximum absolute atomic E-state index is 14.8. The maximum Gasteiger partial charge on any atom is 0.147 e. The largest absolute Gasteiger partial charge is 0.355 e. The monoisotopic (exact) mass is 428 g/mol. The van der Waals surface area contributed by atoms with Gasteiger partial charge in [-0.25, -0.2) is 4.39 Å². The molecule has 0 aliphatic heterocycles. The van der Waals surface area contributed by atoms with Crippen molar-refractivity contribution in [2.24, 2.45) is 0 Å². The minimum absolute atomic E-state index is 0.254. The number of nitrogens with zero attached hydrogens (tertiary/aromatic N) is 1. The molecular weight excluding hydrogens is 407 g/mol. The van der Waals surface area contributed by atoms with Crippen molar-refractivity contribution in [3.05, 3.63) is 127 Å². The van der Waals surface area contributed by atoms with E-state index < -0.39 is 0 Å². The lowest BCUT2D eigenvalue weighted by Crippen LogP contribution is -2.11. The fraction of sp³-hybridized carbons (Fsp3) is 0. The lowest BCUT2D eigenvalue weighted by Gasteiger charge is -2.26. The van der Waals surface area contributed by atoms with Crippen LogP contribution in [0.4, 0.5) is 21.5 Å². The molecule has 0 bridgehead atoms. The van der Waals surface area contributed by atoms with Gasteiger partial charge in [0.2, 0.25) is 0 Å². The highest BCUT2D eigenvalue weighted by Crippen LogP contribution is 2.37. The number of H-pyrrole nitrogens is 1. The fourth-order valence-corrected chi connectivity index (χ4v) is 4.47. The Morgan fingerprint density at radius 2 is 1.15 bits per heavy atom. The van der Waals surface area contributed by atoms with E-state index in [2.05, 4.69) is 53.5 Å². The van der Waals surface area contributed by atoms with E-state index in [9.17, 15) is 4.39 Å². The number of rotatable bonds is 4. The van der Waals surface area contributed by atoms with Gasteiger partial charge in [0.1, 0.15) is 5.82 Å². The smallest absolute Gasteiger partial charge is 0.147 e. The molecular formula is C30H21FN2. The predicted octanol–water partition coefficient (Wildman–Crippen LogP) is 8.60. The summed E-state index contributed by atoms with van der Waals surface area (Å²) in [6.07, 6.45) is 0. The topological polar surface area (TPSA) is 19.0 Å². The van der Waals surface area contributed by atoms with E-state index >= 15 is 0 Å². The van der Waals surface area contributed by atoms with Crippen LogP contribution in [0.2, 0.25) is 0 Å². The third-order valence-electron chi connectivity index (χ3n) is 6.07. The zero-order chi connectivity index (χ0) is 22.2. The van der Waals surface area contributed by atoms with Gasteiger partial charge in [-0.3, -0.25) is 0 Å². The van der Waals surface area contributed by atoms with Crippen LogP contribution in [0, 0.1) is 5.82 Å². The van der Waals surface area contributed by atoms with Gasteiger partial charge < -0.3 is 9.88 Å². The molecule has 0 unspecified atom stereocenters. The van der Waals surface area contributed by atoms with Gasteiger partial charge in [0, 0.05) is 33.2 Å². The first-order valence-electron chi connectivity index (χ1n) is 11.0. The Morgan fingerprint density at radius 1 is 0.515 bits per heavy atom. The van der Waals surface area contributed by atoms with Gasteiger partial charge in [0.15, 0.2) is 0 Å². The number of aromatic nitrogens is 1. The molecule has 2 nitrogen and oxygen atoms in total. The molecule has 3 heteroatoms. The second-order valence-electron chi connectivity index (χ2n) is 8.10. The molecule has 0 aliphatic rings. The number of hydrogen-bond acceptors (Lipinski definition) is 1. The second-order valence-corrected chi connectivity index (χ2v) is 8.10. The first kappa shape index (κ1) is 19.3. The van der Waals surface area contributed by atoms with E-state index in [1.54, 1.807) is 12.1 Å². The first-order valence-corrected chi connectivity index (χ1v) is 11.0. The van der Waals surface area contributed by atoms with Gasteiger partial charge in [0.05, 0.1) is 5.69 Å². The van der Waals surface area contributed by atoms with Crippen molar-refractivity contribution < 1.29 is 4.39 Å². The number of halogens is 1. The van der Waals surface area contributed by atoms with Gasteiger partial charge >= 0.3 is 0 Å². The van der Waals surface area contributed by atoms with Crippen molar-refractivity contribution in [1.29, 1.82) is 0 Å². The van der Waals surface area contributed by atoms with Crippen molar-refractivity contribution in [3.63, 3.8) is 0 Å². The van der Waals surface area contributed by atoms with Crippen LogP contribution in [-0.4, -0.2) is 4.98 Å². The Kier molecular flexibility index (Phi) is 4.66. The molecule has 1 N–H and O–H groups in total. The summed E-state index contributed by atoms with van der Waals surface area (Å²) in [6.45, 7) is 0. The highest BCUT2D eigenvalue weighted by atomic mass is 19.1. The molecule has 33 heavy (non-hydrogen) atoms. The molecule has 0 fully saturated rings. The van der Waals surface area contributed by atoms with E-state index in [1.807, 2.05) is 59.5 Å². The van der Waals surface area contributed by atoms with Crippen LogP contribution in [0.15, 0.2) is 121 Å². The normalized spacial score (nSPS) is 11.2. The zero-order valence-corrected chi connectivity index (χ0v) is 17.9. The summed E-state index contributed by atoms with van der Waals surface area (Å²) in [7, 11) is 0. The average Bonchev–Trinajstić information content (AvgIpc) is 3.24. The molecule has 0 atom stereocenters. The van der Waals surface area contributed by atoms with Crippen LogP contribution in [0.5, 0.6) is 0 Å². The number of anilines is 3. The molecule has 0 radical (unpaired) electrons. The molecule has 0 spiro atoms. The zero-order valence-electron chi connectivity index (χ0n) is 17.9. The van der Waals surface area contributed by atoms with Crippen LogP contribution in [0.1, 0.15) is 0 Å². The third-order valence-corrected chi connectivity index (χ3v) is 6.07. The lowest BCUT2D eigenvalue weighted by atomic mass is 10.0. The first-order chi connectivity index (χ1) is 16.3. The standard InChI is InChI=1S/C30H21FN2/c31-27-11-5-7-13-30(27)33(23-8-2-1-3-9-23)24-17-14-21(15-18-24)22-16-19-29-26(20-22)25-10-4-6-12-28(25)32-29/h1-20,32H. The Bertz CT molecular complexity index is 1570. The van der Waals surface area contributed by atoms with Gasteiger partial charge in [0.25, 0.3) is 0 Å². The van der Waals surface area contributed by atoms with Crippen LogP contribution in [-0.2, 0) is 0 Å². The number of fused-ring (bicyclic) bond motifs is 3. The molecule has 0 aliphatic carbocycles. The SMILES string of the molecule is Fc1ccccc1N(c1ccccc1)c1ccc(-c2ccc3[nH]c4ccccc4c3c2)cc1. The van der Waals surface area contributed by atoms with Crippen molar-refractivity contribution in [3.8, 4) is 11.1 Å². The average molecular weight is 429 g/mol. The van der Waals surface area contributed by atoms with Crippen LogP contribution in [0.3, 0.4) is 0 Å². The van der Waals surface area contributed by atoms with Gasteiger partial charge in [-0.05, 0) is 65.7 Å². The van der Waals surface area contributed by atoms with Gasteiger partial charge in [-0.15, -0.1) is 0 Å². The maximum atomic E-state index is 14.8. The molecule has 0 amide bonds. The Morgan fingerprint density at radius 3 is 1.97 bits per heavy atom. The quantitative estimate of drug-likeness (QED) is 0.298. The summed E-state index contributed by atoms with van der Waals surface area (Å²) in [6, 6.07) is 39.9. The molecule has 6 rings (SSSR count). The highest BCUT2D eigenvalue weighted by molar-refractivity contribution is 6.08. The summed E-state index contributed by atoms with van der Waals surface area (Å²) in [4.78, 5) is 5.43. The summed E-state index contributed by atoms with van der Waals surface area (Å²) in [5, 5.41) is 2.44. The van der Waals surface area contributed by atoms with E-state index in [1.165, 1.54) is 16.8 Å². The molecule has 6 aromatic rings. The Labute approximate surface area is 191 Å². The summed E-state index contributed by atoms with van der Waals surface area (Å²) in [5.41, 5.74) is 6.88. The fourth-order valence-electron chi connectivity index (χ4n) is 4.47. The minimum atomic E-state index is -0.254. The summed E-state index contributed by atoms with van der Waals surface area (Å²) in [5.74, 6) is -0.254. The third kappa shape index (κ3) is 3.44. The number of benzene rings is 5. The summed E-state index contributed by atoms with van der Waals surface area (Å²) < 4.78 is 14.8. The Balaban J connectivity index is 1.43.